The van der Waals surface area contributed by atoms with E-state index < -0.39 is 10.0 Å². The molecule has 8 heteroatoms. The molecule has 0 aliphatic rings. The highest BCUT2D eigenvalue weighted by Crippen LogP contribution is 2.33. The van der Waals surface area contributed by atoms with Crippen molar-refractivity contribution in [3.8, 4) is 22.8 Å². The maximum Gasteiger partial charge on any atom is 0.265 e. The van der Waals surface area contributed by atoms with Crippen LogP contribution < -0.4 is 14.2 Å². The molecule has 2 aromatic carbocycles. The first kappa shape index (κ1) is 18.8. The van der Waals surface area contributed by atoms with E-state index in [1.807, 2.05) is 13.8 Å². The van der Waals surface area contributed by atoms with E-state index in [9.17, 15) is 8.42 Å². The predicted molar refractivity (Wildman–Crippen MR) is 102 cm³/mol. The van der Waals surface area contributed by atoms with Crippen molar-refractivity contribution in [2.45, 2.75) is 18.7 Å². The summed E-state index contributed by atoms with van der Waals surface area (Å²) in [4.78, 5) is 0.00627. The van der Waals surface area contributed by atoms with Gasteiger partial charge in [-0.25, -0.2) is 8.42 Å². The van der Waals surface area contributed by atoms with Crippen molar-refractivity contribution < 1.29 is 22.4 Å². The van der Waals surface area contributed by atoms with Crippen molar-refractivity contribution in [1.29, 1.82) is 0 Å². The van der Waals surface area contributed by atoms with Gasteiger partial charge < -0.3 is 14.0 Å². The van der Waals surface area contributed by atoms with Crippen LogP contribution in [0.25, 0.3) is 11.3 Å². The molecule has 0 saturated carbocycles. The van der Waals surface area contributed by atoms with Crippen LogP contribution in [0.4, 0.5) is 5.69 Å². The lowest BCUT2D eigenvalue weighted by Crippen LogP contribution is -2.14. The Labute approximate surface area is 158 Å². The maximum atomic E-state index is 12.9. The molecule has 0 fully saturated rings. The molecule has 1 heterocycles. The summed E-state index contributed by atoms with van der Waals surface area (Å²) in [6, 6.07) is 11.4. The van der Waals surface area contributed by atoms with Crippen molar-refractivity contribution in [2.75, 3.05) is 18.9 Å². The van der Waals surface area contributed by atoms with E-state index in [4.69, 9.17) is 14.0 Å². The second-order valence-electron chi connectivity index (χ2n) is 5.92. The van der Waals surface area contributed by atoms with Gasteiger partial charge in [0.1, 0.15) is 16.4 Å². The van der Waals surface area contributed by atoms with E-state index in [1.54, 1.807) is 43.5 Å². The molecule has 7 nitrogen and oxygen atoms in total. The molecule has 3 aromatic rings. The average Bonchev–Trinajstić information content (AvgIpc) is 3.00. The number of sulfonamides is 1. The molecular weight excluding hydrogens is 368 g/mol. The van der Waals surface area contributed by atoms with Crippen LogP contribution in [0.1, 0.15) is 11.3 Å². The van der Waals surface area contributed by atoms with Crippen molar-refractivity contribution in [3.63, 3.8) is 0 Å². The fourth-order valence-electron chi connectivity index (χ4n) is 2.58. The molecule has 27 heavy (non-hydrogen) atoms. The first-order chi connectivity index (χ1) is 12.9. The zero-order valence-electron chi connectivity index (χ0n) is 15.4. The van der Waals surface area contributed by atoms with Crippen LogP contribution in [0, 0.1) is 13.8 Å². The van der Waals surface area contributed by atoms with Gasteiger partial charge in [0, 0.05) is 16.8 Å². The van der Waals surface area contributed by atoms with Crippen LogP contribution in [-0.4, -0.2) is 27.8 Å². The SMILES string of the molecule is COc1ccc(NS(=O)(=O)c2cc(-c3onc(C)c3C)ccc2OC)cc1. The van der Waals surface area contributed by atoms with Gasteiger partial charge in [0.05, 0.1) is 19.9 Å². The molecular formula is C19H20N2O5S. The monoisotopic (exact) mass is 388 g/mol. The van der Waals surface area contributed by atoms with E-state index in [0.717, 1.165) is 11.3 Å². The van der Waals surface area contributed by atoms with Crippen LogP contribution in [0.5, 0.6) is 11.5 Å². The first-order valence-corrected chi connectivity index (χ1v) is 9.62. The fourth-order valence-corrected chi connectivity index (χ4v) is 3.84. The number of aryl methyl sites for hydroxylation is 1. The lowest BCUT2D eigenvalue weighted by Gasteiger charge is -2.13. The number of ether oxygens (including phenoxy) is 2. The Hall–Kier alpha value is -3.00. The minimum Gasteiger partial charge on any atom is -0.497 e. The van der Waals surface area contributed by atoms with Gasteiger partial charge in [0.15, 0.2) is 5.76 Å². The van der Waals surface area contributed by atoms with Crippen LogP contribution in [0.2, 0.25) is 0 Å². The minimum absolute atomic E-state index is 0.00627. The summed E-state index contributed by atoms with van der Waals surface area (Å²) in [5.41, 5.74) is 2.62. The van der Waals surface area contributed by atoms with Crippen LogP contribution >= 0.6 is 0 Å². The number of hydrogen-bond donors (Lipinski definition) is 1. The van der Waals surface area contributed by atoms with Crippen LogP contribution in [0.15, 0.2) is 51.9 Å². The van der Waals surface area contributed by atoms with Crippen molar-refractivity contribution in [1.82, 2.24) is 5.16 Å². The zero-order valence-corrected chi connectivity index (χ0v) is 16.3. The quantitative estimate of drug-likeness (QED) is 0.691. The van der Waals surface area contributed by atoms with Gasteiger partial charge in [-0.1, -0.05) is 5.16 Å². The van der Waals surface area contributed by atoms with Crippen molar-refractivity contribution in [3.05, 3.63) is 53.7 Å². The highest BCUT2D eigenvalue weighted by Gasteiger charge is 2.22. The molecule has 1 aromatic heterocycles. The van der Waals surface area contributed by atoms with Gasteiger partial charge in [-0.2, -0.15) is 0 Å². The van der Waals surface area contributed by atoms with E-state index in [2.05, 4.69) is 9.88 Å². The van der Waals surface area contributed by atoms with Gasteiger partial charge in [-0.15, -0.1) is 0 Å². The number of nitrogens with zero attached hydrogens (tertiary/aromatic N) is 1. The minimum atomic E-state index is -3.89. The number of methoxy groups -OCH3 is 2. The number of anilines is 1. The van der Waals surface area contributed by atoms with Crippen molar-refractivity contribution >= 4 is 15.7 Å². The summed E-state index contributed by atoms with van der Waals surface area (Å²) in [6.07, 6.45) is 0. The summed E-state index contributed by atoms with van der Waals surface area (Å²) in [7, 11) is -0.924. The van der Waals surface area contributed by atoms with Crippen LogP contribution in [0.3, 0.4) is 0 Å². The number of rotatable bonds is 6. The van der Waals surface area contributed by atoms with Crippen LogP contribution in [-0.2, 0) is 10.0 Å². The van der Waals surface area contributed by atoms with E-state index in [-0.39, 0.29) is 10.6 Å². The number of nitrogens with one attached hydrogen (secondary N) is 1. The average molecular weight is 388 g/mol. The van der Waals surface area contributed by atoms with Gasteiger partial charge in [0.2, 0.25) is 0 Å². The second-order valence-corrected chi connectivity index (χ2v) is 7.57. The molecule has 142 valence electrons. The molecule has 1 N–H and O–H groups in total. The van der Waals surface area contributed by atoms with Crippen molar-refractivity contribution in [2.24, 2.45) is 0 Å². The predicted octanol–water partition coefficient (Wildman–Crippen LogP) is 3.78. The van der Waals surface area contributed by atoms with Gasteiger partial charge in [0.25, 0.3) is 10.0 Å². The van der Waals surface area contributed by atoms with Gasteiger partial charge in [-0.05, 0) is 56.3 Å². The Bertz CT molecular complexity index is 1060. The van der Waals surface area contributed by atoms with E-state index in [0.29, 0.717) is 22.8 Å². The normalized spacial score (nSPS) is 11.3. The molecule has 0 unspecified atom stereocenters. The Morgan fingerprint density at radius 1 is 1.00 bits per heavy atom. The third-order valence-corrected chi connectivity index (χ3v) is 5.62. The molecule has 0 radical (unpaired) electrons. The Kier molecular flexibility index (Phi) is 5.09. The first-order valence-electron chi connectivity index (χ1n) is 8.14. The molecule has 0 atom stereocenters. The number of benzene rings is 2. The summed E-state index contributed by atoms with van der Waals surface area (Å²) < 4.78 is 44.1. The lowest BCUT2D eigenvalue weighted by atomic mass is 10.1. The van der Waals surface area contributed by atoms with E-state index in [1.165, 1.54) is 13.2 Å². The fraction of sp³-hybridized carbons (Fsp3) is 0.211. The zero-order chi connectivity index (χ0) is 19.6. The lowest BCUT2D eigenvalue weighted by molar-refractivity contribution is 0.402. The molecule has 0 aliphatic heterocycles. The maximum absolute atomic E-state index is 12.9. The Morgan fingerprint density at radius 3 is 2.26 bits per heavy atom. The molecule has 0 bridgehead atoms. The Balaban J connectivity index is 2.02. The van der Waals surface area contributed by atoms with E-state index >= 15 is 0 Å². The molecule has 0 spiro atoms. The standard InChI is InChI=1S/C19H20N2O5S/c1-12-13(2)20-26-19(12)14-5-10-17(25-4)18(11-14)27(22,23)21-15-6-8-16(24-3)9-7-15/h5-11,21H,1-4H3. The summed E-state index contributed by atoms with van der Waals surface area (Å²) in [5, 5.41) is 3.93. The van der Waals surface area contributed by atoms with Gasteiger partial charge >= 0.3 is 0 Å². The molecule has 0 amide bonds. The summed E-state index contributed by atoms with van der Waals surface area (Å²) in [5.74, 6) is 1.39. The molecule has 3 rings (SSSR count). The topological polar surface area (TPSA) is 90.7 Å². The smallest absolute Gasteiger partial charge is 0.265 e. The molecule has 0 aliphatic carbocycles. The molecule has 0 saturated heterocycles. The third-order valence-electron chi connectivity index (χ3n) is 4.21. The Morgan fingerprint density at radius 2 is 1.70 bits per heavy atom. The highest BCUT2D eigenvalue weighted by molar-refractivity contribution is 7.92. The summed E-state index contributed by atoms with van der Waals surface area (Å²) >= 11 is 0. The highest BCUT2D eigenvalue weighted by atomic mass is 32.2. The third kappa shape index (κ3) is 3.75. The second kappa shape index (κ2) is 7.32. The largest absolute Gasteiger partial charge is 0.497 e. The number of aromatic nitrogens is 1. The number of hydrogen-bond acceptors (Lipinski definition) is 6. The summed E-state index contributed by atoms with van der Waals surface area (Å²) in [6.45, 7) is 3.70. The van der Waals surface area contributed by atoms with Gasteiger partial charge in [-0.3, -0.25) is 4.72 Å².